The molecule has 0 spiro atoms. The number of hydrogen-bond acceptors (Lipinski definition) is 5. The second kappa shape index (κ2) is 2.93. The number of nitrogens with two attached hydrogens (primary N) is 1. The van der Waals surface area contributed by atoms with Gasteiger partial charge in [-0.25, -0.2) is 4.79 Å². The van der Waals surface area contributed by atoms with Crippen molar-refractivity contribution in [2.45, 2.75) is 24.5 Å². The van der Waals surface area contributed by atoms with Crippen LogP contribution in [-0.4, -0.2) is 39.5 Å². The minimum Gasteiger partial charge on any atom is -0.480 e. The summed E-state index contributed by atoms with van der Waals surface area (Å²) in [6.45, 7) is 0. The maximum Gasteiger partial charge on any atom is 0.354 e. The molecule has 7 heteroatoms. The van der Waals surface area contributed by atoms with Gasteiger partial charge in [0.2, 0.25) is 0 Å². The van der Waals surface area contributed by atoms with Gasteiger partial charge in [-0.15, -0.1) is 0 Å². The fraction of sp³-hybridized carbons (Fsp3) is 0.625. The number of oxime groups is 1. The SMILES string of the molecule is N[C@@]1(C(=O)O)C[C@@H]2C(C(=O)O)=NO[C@@H]2C1. The van der Waals surface area contributed by atoms with E-state index in [4.69, 9.17) is 20.8 Å². The molecule has 1 heterocycles. The lowest BCUT2D eigenvalue weighted by atomic mass is 9.95. The number of rotatable bonds is 2. The van der Waals surface area contributed by atoms with Crippen LogP contribution in [0.4, 0.5) is 0 Å². The summed E-state index contributed by atoms with van der Waals surface area (Å²) in [7, 11) is 0. The topological polar surface area (TPSA) is 122 Å². The first kappa shape index (κ1) is 9.91. The molecule has 2 aliphatic rings. The standard InChI is InChI=1S/C8H10N2O5/c9-8(7(13)14)1-3-4(2-8)15-10-5(3)6(11)12/h3-4H,1-2,9H2,(H,11,12)(H,13,14)/t3-,4+,8-/m0/s1. The maximum absolute atomic E-state index is 10.9. The van der Waals surface area contributed by atoms with Crippen LogP contribution in [0.1, 0.15) is 12.8 Å². The van der Waals surface area contributed by atoms with Crippen LogP contribution in [0.15, 0.2) is 5.16 Å². The van der Waals surface area contributed by atoms with Crippen LogP contribution < -0.4 is 5.73 Å². The predicted molar refractivity (Wildman–Crippen MR) is 47.2 cm³/mol. The quantitative estimate of drug-likeness (QED) is 0.542. The average Bonchev–Trinajstić information content (AvgIpc) is 2.60. The highest BCUT2D eigenvalue weighted by Gasteiger charge is 2.54. The minimum absolute atomic E-state index is 0.0537. The van der Waals surface area contributed by atoms with Crippen LogP contribution in [0.25, 0.3) is 0 Å². The number of nitrogens with zero attached hydrogens (tertiary/aromatic N) is 1. The monoisotopic (exact) mass is 214 g/mol. The second-order valence-electron chi connectivity index (χ2n) is 3.90. The molecule has 1 saturated carbocycles. The van der Waals surface area contributed by atoms with Crippen molar-refractivity contribution in [1.29, 1.82) is 0 Å². The predicted octanol–water partition coefficient (Wildman–Crippen LogP) is -0.982. The van der Waals surface area contributed by atoms with Crippen molar-refractivity contribution in [3.05, 3.63) is 0 Å². The molecule has 7 nitrogen and oxygen atoms in total. The summed E-state index contributed by atoms with van der Waals surface area (Å²) in [6, 6.07) is 0. The Morgan fingerprint density at radius 2 is 2.13 bits per heavy atom. The Bertz CT molecular complexity index is 366. The van der Waals surface area contributed by atoms with Gasteiger partial charge in [0.25, 0.3) is 0 Å². The molecule has 82 valence electrons. The zero-order chi connectivity index (χ0) is 11.2. The molecule has 0 aromatic carbocycles. The van der Waals surface area contributed by atoms with Gasteiger partial charge in [0.1, 0.15) is 11.6 Å². The van der Waals surface area contributed by atoms with E-state index < -0.39 is 29.5 Å². The summed E-state index contributed by atoms with van der Waals surface area (Å²) in [5.74, 6) is -2.83. The molecule has 1 fully saturated rings. The largest absolute Gasteiger partial charge is 0.480 e. The zero-order valence-electron chi connectivity index (χ0n) is 7.71. The van der Waals surface area contributed by atoms with Gasteiger partial charge >= 0.3 is 11.9 Å². The lowest BCUT2D eigenvalue weighted by Crippen LogP contribution is -2.46. The van der Waals surface area contributed by atoms with Gasteiger partial charge in [-0.2, -0.15) is 0 Å². The Kier molecular flexibility index (Phi) is 1.93. The first-order valence-corrected chi connectivity index (χ1v) is 4.43. The van der Waals surface area contributed by atoms with Crippen LogP contribution in [0.3, 0.4) is 0 Å². The van der Waals surface area contributed by atoms with Crippen LogP contribution in [0, 0.1) is 5.92 Å². The number of carboxylic acids is 2. The van der Waals surface area contributed by atoms with Crippen molar-refractivity contribution in [2.24, 2.45) is 16.8 Å². The van der Waals surface area contributed by atoms with Crippen molar-refractivity contribution in [3.63, 3.8) is 0 Å². The van der Waals surface area contributed by atoms with Gasteiger partial charge < -0.3 is 20.8 Å². The lowest BCUT2D eigenvalue weighted by molar-refractivity contribution is -0.143. The molecular formula is C8H10N2O5. The Hall–Kier alpha value is -1.63. The van der Waals surface area contributed by atoms with Crippen LogP contribution in [0.2, 0.25) is 0 Å². The Balaban J connectivity index is 2.21. The smallest absolute Gasteiger partial charge is 0.354 e. The number of carbonyl (C=O) groups is 2. The fourth-order valence-corrected chi connectivity index (χ4v) is 2.06. The van der Waals surface area contributed by atoms with Crippen molar-refractivity contribution in [1.82, 2.24) is 0 Å². The third-order valence-corrected chi connectivity index (χ3v) is 2.88. The molecule has 0 radical (unpaired) electrons. The Morgan fingerprint density at radius 3 is 2.67 bits per heavy atom. The summed E-state index contributed by atoms with van der Waals surface area (Å²) < 4.78 is 0. The fourth-order valence-electron chi connectivity index (χ4n) is 2.06. The summed E-state index contributed by atoms with van der Waals surface area (Å²) >= 11 is 0. The number of fused-ring (bicyclic) bond motifs is 1. The van der Waals surface area contributed by atoms with Gasteiger partial charge in [-0.3, -0.25) is 4.79 Å². The highest BCUT2D eigenvalue weighted by atomic mass is 16.6. The molecule has 0 aromatic heterocycles. The third kappa shape index (κ3) is 1.35. The van der Waals surface area contributed by atoms with E-state index in [2.05, 4.69) is 5.16 Å². The lowest BCUT2D eigenvalue weighted by Gasteiger charge is -2.17. The molecule has 2 rings (SSSR count). The van der Waals surface area contributed by atoms with E-state index in [9.17, 15) is 9.59 Å². The molecule has 0 aromatic rings. The number of hydrogen-bond donors (Lipinski definition) is 3. The second-order valence-corrected chi connectivity index (χ2v) is 3.90. The van der Waals surface area contributed by atoms with Gasteiger partial charge in [0.05, 0.1) is 5.92 Å². The molecule has 15 heavy (non-hydrogen) atoms. The number of carboxylic acid groups (broad SMARTS) is 2. The summed E-state index contributed by atoms with van der Waals surface area (Å²) in [5.41, 5.74) is 4.10. The van der Waals surface area contributed by atoms with E-state index >= 15 is 0 Å². The summed E-state index contributed by atoms with van der Waals surface area (Å²) in [4.78, 5) is 26.4. The van der Waals surface area contributed by atoms with E-state index in [1.807, 2.05) is 0 Å². The Morgan fingerprint density at radius 1 is 1.47 bits per heavy atom. The van der Waals surface area contributed by atoms with Gasteiger partial charge in [-0.1, -0.05) is 5.16 Å². The van der Waals surface area contributed by atoms with E-state index in [1.54, 1.807) is 0 Å². The average molecular weight is 214 g/mol. The van der Waals surface area contributed by atoms with Gasteiger partial charge in [0.15, 0.2) is 5.71 Å². The molecular weight excluding hydrogens is 204 g/mol. The molecule has 0 saturated heterocycles. The van der Waals surface area contributed by atoms with Gasteiger partial charge in [-0.05, 0) is 6.42 Å². The number of aliphatic carboxylic acids is 2. The van der Waals surface area contributed by atoms with E-state index in [0.717, 1.165) is 0 Å². The van der Waals surface area contributed by atoms with E-state index in [0.29, 0.717) is 0 Å². The molecule has 1 aliphatic carbocycles. The molecule has 0 unspecified atom stereocenters. The first-order chi connectivity index (χ1) is 6.94. The first-order valence-electron chi connectivity index (χ1n) is 4.43. The van der Waals surface area contributed by atoms with Crippen molar-refractivity contribution in [3.8, 4) is 0 Å². The molecule has 0 amide bonds. The van der Waals surface area contributed by atoms with Crippen LogP contribution in [-0.2, 0) is 14.4 Å². The Labute approximate surface area is 84.5 Å². The highest BCUT2D eigenvalue weighted by molar-refractivity contribution is 6.37. The zero-order valence-corrected chi connectivity index (χ0v) is 7.71. The highest BCUT2D eigenvalue weighted by Crippen LogP contribution is 2.39. The van der Waals surface area contributed by atoms with Crippen LogP contribution in [0.5, 0.6) is 0 Å². The normalized spacial score (nSPS) is 38.1. The molecule has 3 atom stereocenters. The summed E-state index contributed by atoms with van der Waals surface area (Å²) in [6.07, 6.45) is -0.372. The van der Waals surface area contributed by atoms with Crippen LogP contribution >= 0.6 is 0 Å². The van der Waals surface area contributed by atoms with E-state index in [-0.39, 0.29) is 18.6 Å². The van der Waals surface area contributed by atoms with Crippen molar-refractivity contribution >= 4 is 17.7 Å². The molecule has 4 N–H and O–H groups in total. The maximum atomic E-state index is 10.9. The van der Waals surface area contributed by atoms with E-state index in [1.165, 1.54) is 0 Å². The minimum atomic E-state index is -1.40. The van der Waals surface area contributed by atoms with Crippen molar-refractivity contribution < 1.29 is 24.6 Å². The van der Waals surface area contributed by atoms with Gasteiger partial charge in [0, 0.05) is 6.42 Å². The molecule has 1 aliphatic heterocycles. The van der Waals surface area contributed by atoms with Crippen molar-refractivity contribution in [2.75, 3.05) is 0 Å². The summed E-state index contributed by atoms with van der Waals surface area (Å²) in [5, 5.41) is 21.1. The third-order valence-electron chi connectivity index (χ3n) is 2.88. The molecule has 0 bridgehead atoms.